The number of amides is 2. The fraction of sp³-hybridized carbons (Fsp3) is 0.400. The van der Waals surface area contributed by atoms with E-state index in [1.165, 1.54) is 4.90 Å². The molecule has 0 fully saturated rings. The van der Waals surface area contributed by atoms with Gasteiger partial charge in [-0.2, -0.15) is 0 Å². The highest BCUT2D eigenvalue weighted by atomic mass is 79.9. The Morgan fingerprint density at radius 1 is 1.43 bits per heavy atom. The molecule has 8 heteroatoms. The predicted octanol–water partition coefficient (Wildman–Crippen LogP) is 2.11. The van der Waals surface area contributed by atoms with Gasteiger partial charge in [0.2, 0.25) is 0 Å². The van der Waals surface area contributed by atoms with E-state index < -0.39 is 5.97 Å². The van der Waals surface area contributed by atoms with Crippen molar-refractivity contribution >= 4 is 39.4 Å². The third-order valence-corrected chi connectivity index (χ3v) is 4.04. The number of ether oxygens (including phenoxy) is 1. The fourth-order valence-corrected chi connectivity index (χ4v) is 2.74. The Hall–Kier alpha value is -2.09. The number of benzene rings is 1. The standard InChI is InChI=1S/C15H17BrN2O5/c1-8(2)18(4-3-14(20)21)15(22)9-5-12-11(6-10(9)16)17-13(19)7-23-12/h5-6,8H,3-4,7H2,1-2H3,(H,17,19)(H,20,21). The molecule has 2 N–H and O–H groups in total. The van der Waals surface area contributed by atoms with Crippen molar-refractivity contribution in [1.82, 2.24) is 4.90 Å². The van der Waals surface area contributed by atoms with Crippen LogP contribution in [0.15, 0.2) is 16.6 Å². The molecule has 0 unspecified atom stereocenters. The van der Waals surface area contributed by atoms with Crippen molar-refractivity contribution < 1.29 is 24.2 Å². The Kier molecular flexibility index (Phi) is 5.25. The Labute approximate surface area is 141 Å². The van der Waals surface area contributed by atoms with Gasteiger partial charge < -0.3 is 20.1 Å². The first kappa shape index (κ1) is 17.3. The summed E-state index contributed by atoms with van der Waals surface area (Å²) in [6.07, 6.45) is -0.126. The van der Waals surface area contributed by atoms with Crippen LogP contribution in [0.2, 0.25) is 0 Å². The van der Waals surface area contributed by atoms with Gasteiger partial charge in [-0.15, -0.1) is 0 Å². The molecule has 1 aliphatic heterocycles. The predicted molar refractivity (Wildman–Crippen MR) is 86.7 cm³/mol. The average Bonchev–Trinajstić information content (AvgIpc) is 2.45. The van der Waals surface area contributed by atoms with Crippen molar-refractivity contribution in [3.63, 3.8) is 0 Å². The second-order valence-electron chi connectivity index (χ2n) is 5.40. The van der Waals surface area contributed by atoms with E-state index >= 15 is 0 Å². The first-order valence-electron chi connectivity index (χ1n) is 7.08. The zero-order valence-corrected chi connectivity index (χ0v) is 14.3. The quantitative estimate of drug-likeness (QED) is 0.810. The Morgan fingerprint density at radius 2 is 2.13 bits per heavy atom. The molecule has 1 heterocycles. The average molecular weight is 385 g/mol. The lowest BCUT2D eigenvalue weighted by Crippen LogP contribution is -2.38. The first-order valence-corrected chi connectivity index (χ1v) is 7.88. The molecule has 0 saturated heterocycles. The number of hydrogen-bond acceptors (Lipinski definition) is 4. The molecule has 2 rings (SSSR count). The van der Waals surface area contributed by atoms with E-state index in [4.69, 9.17) is 9.84 Å². The second-order valence-corrected chi connectivity index (χ2v) is 6.26. The normalized spacial score (nSPS) is 13.1. The van der Waals surface area contributed by atoms with Gasteiger partial charge in [0.05, 0.1) is 17.7 Å². The van der Waals surface area contributed by atoms with Gasteiger partial charge in [0.25, 0.3) is 11.8 Å². The number of anilines is 1. The van der Waals surface area contributed by atoms with Crippen LogP contribution in [0, 0.1) is 0 Å². The highest BCUT2D eigenvalue weighted by Crippen LogP contribution is 2.34. The molecule has 124 valence electrons. The SMILES string of the molecule is CC(C)N(CCC(=O)O)C(=O)c1cc2c(cc1Br)NC(=O)CO2. The molecule has 0 aliphatic carbocycles. The molecule has 0 aromatic heterocycles. The van der Waals surface area contributed by atoms with Gasteiger partial charge in [-0.05, 0) is 41.9 Å². The molecule has 0 atom stereocenters. The lowest BCUT2D eigenvalue weighted by atomic mass is 10.1. The van der Waals surface area contributed by atoms with Gasteiger partial charge in [-0.1, -0.05) is 0 Å². The van der Waals surface area contributed by atoms with Crippen LogP contribution in [0.25, 0.3) is 0 Å². The smallest absolute Gasteiger partial charge is 0.305 e. The lowest BCUT2D eigenvalue weighted by Gasteiger charge is -2.27. The van der Waals surface area contributed by atoms with Gasteiger partial charge in [0, 0.05) is 17.1 Å². The third kappa shape index (κ3) is 4.01. The van der Waals surface area contributed by atoms with Gasteiger partial charge in [-0.3, -0.25) is 14.4 Å². The summed E-state index contributed by atoms with van der Waals surface area (Å²) >= 11 is 3.32. The fourth-order valence-electron chi connectivity index (χ4n) is 2.23. The van der Waals surface area contributed by atoms with Crippen LogP contribution in [-0.2, 0) is 9.59 Å². The number of carbonyl (C=O) groups excluding carboxylic acids is 2. The number of carboxylic acids is 1. The van der Waals surface area contributed by atoms with Crippen LogP contribution in [0.1, 0.15) is 30.6 Å². The number of carboxylic acid groups (broad SMARTS) is 1. The van der Waals surface area contributed by atoms with Crippen molar-refractivity contribution in [1.29, 1.82) is 0 Å². The number of halogens is 1. The van der Waals surface area contributed by atoms with Crippen LogP contribution in [0.5, 0.6) is 5.75 Å². The largest absolute Gasteiger partial charge is 0.482 e. The highest BCUT2D eigenvalue weighted by Gasteiger charge is 2.25. The van der Waals surface area contributed by atoms with E-state index in [0.29, 0.717) is 21.5 Å². The van der Waals surface area contributed by atoms with Crippen LogP contribution in [0.4, 0.5) is 5.69 Å². The number of aliphatic carboxylic acids is 1. The van der Waals surface area contributed by atoms with Crippen LogP contribution < -0.4 is 10.1 Å². The lowest BCUT2D eigenvalue weighted by molar-refractivity contribution is -0.137. The van der Waals surface area contributed by atoms with E-state index in [1.54, 1.807) is 12.1 Å². The molecule has 1 aliphatic rings. The number of rotatable bonds is 5. The van der Waals surface area contributed by atoms with E-state index in [0.717, 1.165) is 0 Å². The highest BCUT2D eigenvalue weighted by molar-refractivity contribution is 9.10. The molecule has 7 nitrogen and oxygen atoms in total. The molecule has 2 amide bonds. The van der Waals surface area contributed by atoms with Gasteiger partial charge >= 0.3 is 5.97 Å². The van der Waals surface area contributed by atoms with Crippen molar-refractivity contribution in [2.75, 3.05) is 18.5 Å². The summed E-state index contributed by atoms with van der Waals surface area (Å²) in [5.41, 5.74) is 0.852. The van der Waals surface area contributed by atoms with Gasteiger partial charge in [0.1, 0.15) is 5.75 Å². The van der Waals surface area contributed by atoms with E-state index in [9.17, 15) is 14.4 Å². The number of carbonyl (C=O) groups is 3. The summed E-state index contributed by atoms with van der Waals surface area (Å²) in [4.78, 5) is 36.3. The summed E-state index contributed by atoms with van der Waals surface area (Å²) in [6, 6.07) is 3.01. The van der Waals surface area contributed by atoms with Crippen molar-refractivity contribution in [3.8, 4) is 5.75 Å². The topological polar surface area (TPSA) is 95.9 Å². The molecule has 0 bridgehead atoms. The Bertz CT molecular complexity index is 660. The summed E-state index contributed by atoms with van der Waals surface area (Å²) < 4.78 is 5.83. The minimum absolute atomic E-state index is 0.102. The maximum atomic E-state index is 12.7. The molecular formula is C15H17BrN2O5. The molecule has 0 radical (unpaired) electrons. The number of nitrogens with zero attached hydrogens (tertiary/aromatic N) is 1. The monoisotopic (exact) mass is 384 g/mol. The van der Waals surface area contributed by atoms with Crippen molar-refractivity contribution in [2.24, 2.45) is 0 Å². The first-order chi connectivity index (χ1) is 10.8. The van der Waals surface area contributed by atoms with E-state index in [2.05, 4.69) is 21.2 Å². The third-order valence-electron chi connectivity index (χ3n) is 3.38. The molecule has 0 saturated carbocycles. The second kappa shape index (κ2) is 6.99. The van der Waals surface area contributed by atoms with Crippen LogP contribution >= 0.6 is 15.9 Å². The summed E-state index contributed by atoms with van der Waals surface area (Å²) in [5.74, 6) is -1.10. The summed E-state index contributed by atoms with van der Waals surface area (Å²) in [6.45, 7) is 3.66. The number of nitrogens with one attached hydrogen (secondary N) is 1. The van der Waals surface area contributed by atoms with Gasteiger partial charge in [-0.25, -0.2) is 0 Å². The summed E-state index contributed by atoms with van der Waals surface area (Å²) in [7, 11) is 0. The zero-order valence-electron chi connectivity index (χ0n) is 12.8. The van der Waals surface area contributed by atoms with Crippen LogP contribution in [-0.4, -0.2) is 47.0 Å². The minimum atomic E-state index is -0.959. The zero-order chi connectivity index (χ0) is 17.1. The Morgan fingerprint density at radius 3 is 2.74 bits per heavy atom. The molecule has 1 aromatic rings. The minimum Gasteiger partial charge on any atom is -0.482 e. The maximum Gasteiger partial charge on any atom is 0.305 e. The molecule has 1 aromatic carbocycles. The maximum absolute atomic E-state index is 12.7. The van der Waals surface area contributed by atoms with Gasteiger partial charge in [0.15, 0.2) is 6.61 Å². The Balaban J connectivity index is 2.30. The molecule has 0 spiro atoms. The molecule has 23 heavy (non-hydrogen) atoms. The van der Waals surface area contributed by atoms with Crippen LogP contribution in [0.3, 0.4) is 0 Å². The van der Waals surface area contributed by atoms with Crippen molar-refractivity contribution in [2.45, 2.75) is 26.3 Å². The number of fused-ring (bicyclic) bond motifs is 1. The number of hydrogen-bond donors (Lipinski definition) is 2. The van der Waals surface area contributed by atoms with E-state index in [-0.39, 0.29) is 37.4 Å². The summed E-state index contributed by atoms with van der Waals surface area (Å²) in [5, 5.41) is 11.5. The van der Waals surface area contributed by atoms with E-state index in [1.807, 2.05) is 13.8 Å². The molecular weight excluding hydrogens is 368 g/mol. The van der Waals surface area contributed by atoms with Crippen molar-refractivity contribution in [3.05, 3.63) is 22.2 Å².